The Morgan fingerprint density at radius 3 is 2.82 bits per heavy atom. The second kappa shape index (κ2) is 7.19. The summed E-state index contributed by atoms with van der Waals surface area (Å²) >= 11 is 0. The van der Waals surface area contributed by atoms with Crippen LogP contribution in [0.15, 0.2) is 6.07 Å². The first-order valence-corrected chi connectivity index (χ1v) is 6.00. The zero-order valence-electron chi connectivity index (χ0n) is 10.9. The van der Waals surface area contributed by atoms with Crippen molar-refractivity contribution in [2.24, 2.45) is 11.8 Å². The first kappa shape index (κ1) is 13.9. The van der Waals surface area contributed by atoms with E-state index in [1.807, 2.05) is 6.92 Å². The number of nitrogens with two attached hydrogens (primary N) is 1. The Morgan fingerprint density at radius 2 is 2.18 bits per heavy atom. The predicted molar refractivity (Wildman–Crippen MR) is 68.3 cm³/mol. The SMILES string of the molecule is Cc1cc(NN)nc(COCCCC(C)C)n1. The Balaban J connectivity index is 2.33. The van der Waals surface area contributed by atoms with Gasteiger partial charge in [-0.3, -0.25) is 0 Å². The monoisotopic (exact) mass is 238 g/mol. The summed E-state index contributed by atoms with van der Waals surface area (Å²) in [4.78, 5) is 8.50. The van der Waals surface area contributed by atoms with Gasteiger partial charge in [0.2, 0.25) is 0 Å². The Labute approximate surface area is 103 Å². The van der Waals surface area contributed by atoms with E-state index in [0.717, 1.165) is 24.6 Å². The molecule has 5 nitrogen and oxygen atoms in total. The van der Waals surface area contributed by atoms with E-state index in [9.17, 15) is 0 Å². The third-order valence-corrected chi connectivity index (χ3v) is 2.35. The van der Waals surface area contributed by atoms with Crippen LogP contribution in [0.5, 0.6) is 0 Å². The lowest BCUT2D eigenvalue weighted by molar-refractivity contribution is 0.109. The molecule has 0 unspecified atom stereocenters. The van der Waals surface area contributed by atoms with Crippen LogP contribution in [-0.2, 0) is 11.3 Å². The van der Waals surface area contributed by atoms with Crippen LogP contribution >= 0.6 is 0 Å². The van der Waals surface area contributed by atoms with Crippen LogP contribution in [0.3, 0.4) is 0 Å². The van der Waals surface area contributed by atoms with Crippen LogP contribution in [-0.4, -0.2) is 16.6 Å². The minimum atomic E-state index is 0.439. The fourth-order valence-electron chi connectivity index (χ4n) is 1.53. The Morgan fingerprint density at radius 1 is 1.41 bits per heavy atom. The average Bonchev–Trinajstić information content (AvgIpc) is 2.27. The third-order valence-electron chi connectivity index (χ3n) is 2.35. The van der Waals surface area contributed by atoms with Gasteiger partial charge in [0, 0.05) is 18.4 Å². The molecule has 0 saturated heterocycles. The molecule has 5 heteroatoms. The van der Waals surface area contributed by atoms with E-state index in [1.165, 1.54) is 6.42 Å². The van der Waals surface area contributed by atoms with Crippen molar-refractivity contribution >= 4 is 5.82 Å². The van der Waals surface area contributed by atoms with Gasteiger partial charge in [-0.1, -0.05) is 13.8 Å². The number of ether oxygens (including phenoxy) is 1. The second-order valence-electron chi connectivity index (χ2n) is 4.54. The zero-order valence-corrected chi connectivity index (χ0v) is 10.9. The van der Waals surface area contributed by atoms with Gasteiger partial charge in [0.15, 0.2) is 5.82 Å². The second-order valence-corrected chi connectivity index (χ2v) is 4.54. The largest absolute Gasteiger partial charge is 0.373 e. The minimum absolute atomic E-state index is 0.439. The highest BCUT2D eigenvalue weighted by Crippen LogP contribution is 2.07. The Bertz CT molecular complexity index is 341. The molecule has 0 atom stereocenters. The van der Waals surface area contributed by atoms with Gasteiger partial charge in [0.1, 0.15) is 12.4 Å². The number of nitrogens with one attached hydrogen (secondary N) is 1. The van der Waals surface area contributed by atoms with Crippen LogP contribution in [0.1, 0.15) is 38.2 Å². The van der Waals surface area contributed by atoms with E-state index in [-0.39, 0.29) is 0 Å². The topological polar surface area (TPSA) is 73.1 Å². The van der Waals surface area contributed by atoms with Gasteiger partial charge < -0.3 is 10.2 Å². The van der Waals surface area contributed by atoms with Crippen molar-refractivity contribution in [3.05, 3.63) is 17.6 Å². The molecule has 0 radical (unpaired) electrons. The van der Waals surface area contributed by atoms with E-state index < -0.39 is 0 Å². The molecule has 0 aliphatic rings. The quantitative estimate of drug-likeness (QED) is 0.432. The number of rotatable bonds is 7. The molecular formula is C12H22N4O. The lowest BCUT2D eigenvalue weighted by Crippen LogP contribution is -2.11. The third kappa shape index (κ3) is 5.60. The van der Waals surface area contributed by atoms with E-state index in [1.54, 1.807) is 6.07 Å². The van der Waals surface area contributed by atoms with Gasteiger partial charge in [0.25, 0.3) is 0 Å². The molecule has 3 N–H and O–H groups in total. The Kier molecular flexibility index (Phi) is 5.86. The number of aromatic nitrogens is 2. The zero-order chi connectivity index (χ0) is 12.7. The highest BCUT2D eigenvalue weighted by Gasteiger charge is 2.01. The number of aryl methyl sites for hydroxylation is 1. The van der Waals surface area contributed by atoms with Crippen molar-refractivity contribution in [2.45, 2.75) is 40.2 Å². The highest BCUT2D eigenvalue weighted by atomic mass is 16.5. The van der Waals surface area contributed by atoms with Gasteiger partial charge in [0.05, 0.1) is 0 Å². The van der Waals surface area contributed by atoms with E-state index in [4.69, 9.17) is 10.6 Å². The maximum atomic E-state index is 5.53. The summed E-state index contributed by atoms with van der Waals surface area (Å²) in [6, 6.07) is 1.79. The smallest absolute Gasteiger partial charge is 0.156 e. The molecule has 1 aromatic heterocycles. The van der Waals surface area contributed by atoms with E-state index in [0.29, 0.717) is 18.2 Å². The number of nitrogens with zero attached hydrogens (tertiary/aromatic N) is 2. The first-order chi connectivity index (χ1) is 8.11. The molecule has 0 bridgehead atoms. The average molecular weight is 238 g/mol. The molecule has 0 aliphatic carbocycles. The molecule has 0 saturated carbocycles. The van der Waals surface area contributed by atoms with Crippen LogP contribution in [0.25, 0.3) is 0 Å². The van der Waals surface area contributed by atoms with E-state index >= 15 is 0 Å². The highest BCUT2D eigenvalue weighted by molar-refractivity contribution is 5.33. The van der Waals surface area contributed by atoms with Crippen LogP contribution in [0.2, 0.25) is 0 Å². The van der Waals surface area contributed by atoms with Crippen molar-refractivity contribution in [3.8, 4) is 0 Å². The standard InChI is InChI=1S/C12H22N4O/c1-9(2)5-4-6-17-8-12-14-10(3)7-11(15-12)16-13/h7,9H,4-6,8,13H2,1-3H3,(H,14,15,16). The van der Waals surface area contributed by atoms with Crippen LogP contribution in [0, 0.1) is 12.8 Å². The summed E-state index contributed by atoms with van der Waals surface area (Å²) < 4.78 is 5.53. The fourth-order valence-corrected chi connectivity index (χ4v) is 1.53. The molecule has 96 valence electrons. The number of anilines is 1. The molecule has 0 fully saturated rings. The molecule has 17 heavy (non-hydrogen) atoms. The lowest BCUT2D eigenvalue weighted by atomic mass is 10.1. The summed E-state index contributed by atoms with van der Waals surface area (Å²) in [6.45, 7) is 7.52. The lowest BCUT2D eigenvalue weighted by Gasteiger charge is -2.07. The fraction of sp³-hybridized carbons (Fsp3) is 0.667. The number of hydrogen-bond acceptors (Lipinski definition) is 5. The molecule has 1 aromatic rings. The van der Waals surface area contributed by atoms with Gasteiger partial charge >= 0.3 is 0 Å². The van der Waals surface area contributed by atoms with Crippen molar-refractivity contribution in [1.29, 1.82) is 0 Å². The van der Waals surface area contributed by atoms with Crippen molar-refractivity contribution in [1.82, 2.24) is 9.97 Å². The molecule has 0 aromatic carbocycles. The van der Waals surface area contributed by atoms with Crippen molar-refractivity contribution in [3.63, 3.8) is 0 Å². The van der Waals surface area contributed by atoms with Gasteiger partial charge in [-0.2, -0.15) is 0 Å². The van der Waals surface area contributed by atoms with Crippen molar-refractivity contribution < 1.29 is 4.74 Å². The van der Waals surface area contributed by atoms with E-state index in [2.05, 4.69) is 29.2 Å². The predicted octanol–water partition coefficient (Wildman–Crippen LogP) is 2.02. The summed E-state index contributed by atoms with van der Waals surface area (Å²) in [5.74, 6) is 7.33. The first-order valence-electron chi connectivity index (χ1n) is 6.00. The maximum Gasteiger partial charge on any atom is 0.156 e. The van der Waals surface area contributed by atoms with Gasteiger partial charge in [-0.25, -0.2) is 15.8 Å². The molecule has 1 heterocycles. The molecule has 1 rings (SSSR count). The Hall–Kier alpha value is -1.20. The number of hydrazine groups is 1. The molecule has 0 aliphatic heterocycles. The summed E-state index contributed by atoms with van der Waals surface area (Å²) in [5.41, 5.74) is 3.40. The number of hydrogen-bond donors (Lipinski definition) is 2. The van der Waals surface area contributed by atoms with Gasteiger partial charge in [-0.15, -0.1) is 0 Å². The van der Waals surface area contributed by atoms with Gasteiger partial charge in [-0.05, 0) is 25.7 Å². The molecule has 0 amide bonds. The minimum Gasteiger partial charge on any atom is -0.373 e. The summed E-state index contributed by atoms with van der Waals surface area (Å²) in [5, 5.41) is 0. The maximum absolute atomic E-state index is 5.53. The van der Waals surface area contributed by atoms with Crippen LogP contribution in [0.4, 0.5) is 5.82 Å². The molecular weight excluding hydrogens is 216 g/mol. The van der Waals surface area contributed by atoms with Crippen LogP contribution < -0.4 is 11.3 Å². The number of nitrogen functional groups attached to an aromatic ring is 1. The summed E-state index contributed by atoms with van der Waals surface area (Å²) in [7, 11) is 0. The van der Waals surface area contributed by atoms with Crippen molar-refractivity contribution in [2.75, 3.05) is 12.0 Å². The summed E-state index contributed by atoms with van der Waals surface area (Å²) in [6.07, 6.45) is 2.26. The normalized spacial score (nSPS) is 10.9. The molecule has 0 spiro atoms.